The number of para-hydroxylation sites is 1. The second-order valence-corrected chi connectivity index (χ2v) is 8.40. The number of nitrogens with zero attached hydrogens (tertiary/aromatic N) is 3. The molecular formula is C19H25N3O4S. The maximum Gasteiger partial charge on any atom is 0.246 e. The first-order valence-corrected chi connectivity index (χ1v) is 10.5. The number of hydrogen-bond acceptors (Lipinski definition) is 6. The first-order valence-electron chi connectivity index (χ1n) is 9.11. The highest BCUT2D eigenvalue weighted by Crippen LogP contribution is 2.29. The molecule has 1 aromatic heterocycles. The lowest BCUT2D eigenvalue weighted by molar-refractivity contribution is 0.129. The second kappa shape index (κ2) is 8.22. The van der Waals surface area contributed by atoms with Crippen LogP contribution in [0.4, 0.5) is 0 Å². The van der Waals surface area contributed by atoms with Crippen LogP contribution in [0.2, 0.25) is 0 Å². The zero-order valence-electron chi connectivity index (χ0n) is 15.9. The molecule has 2 aromatic rings. The van der Waals surface area contributed by atoms with Gasteiger partial charge in [-0.2, -0.15) is 9.29 Å². The van der Waals surface area contributed by atoms with Crippen molar-refractivity contribution in [3.05, 3.63) is 41.9 Å². The number of aromatic nitrogens is 2. The molecule has 8 heteroatoms. The first kappa shape index (κ1) is 19.6. The number of benzene rings is 1. The molecule has 0 spiro atoms. The van der Waals surface area contributed by atoms with E-state index < -0.39 is 10.0 Å². The van der Waals surface area contributed by atoms with Gasteiger partial charge in [0.15, 0.2) is 0 Å². The molecule has 3 rings (SSSR count). The Morgan fingerprint density at radius 3 is 2.52 bits per heavy atom. The third-order valence-electron chi connectivity index (χ3n) is 4.40. The molecule has 2 heterocycles. The molecule has 146 valence electrons. The Kier molecular flexibility index (Phi) is 5.96. The van der Waals surface area contributed by atoms with Crippen LogP contribution in [-0.2, 0) is 10.0 Å². The van der Waals surface area contributed by atoms with E-state index in [-0.39, 0.29) is 11.0 Å². The fourth-order valence-electron chi connectivity index (χ4n) is 3.18. The zero-order valence-corrected chi connectivity index (χ0v) is 16.7. The summed E-state index contributed by atoms with van der Waals surface area (Å²) in [4.78, 5) is 8.75. The lowest BCUT2D eigenvalue weighted by Crippen LogP contribution is -2.41. The second-order valence-electron chi connectivity index (χ2n) is 6.50. The van der Waals surface area contributed by atoms with Crippen molar-refractivity contribution in [1.29, 1.82) is 0 Å². The molecule has 1 aromatic carbocycles. The van der Waals surface area contributed by atoms with E-state index in [1.165, 1.54) is 4.31 Å². The summed E-state index contributed by atoms with van der Waals surface area (Å²) in [5.41, 5.74) is 0.852. The molecule has 1 saturated heterocycles. The summed E-state index contributed by atoms with van der Waals surface area (Å²) in [5.74, 6) is 1.60. The zero-order chi connectivity index (χ0) is 19.4. The molecule has 7 nitrogen and oxygen atoms in total. The van der Waals surface area contributed by atoms with Gasteiger partial charge in [-0.05, 0) is 45.7 Å². The SMILES string of the molecule is CCOc1ccccc1S(=O)(=O)N1CCC(Oc2cc(C)nc(C)n2)CC1. The Hall–Kier alpha value is -2.19. The van der Waals surface area contributed by atoms with Gasteiger partial charge in [0.05, 0.1) is 6.61 Å². The van der Waals surface area contributed by atoms with Crippen LogP contribution in [0.15, 0.2) is 35.2 Å². The summed E-state index contributed by atoms with van der Waals surface area (Å²) in [7, 11) is -3.60. The standard InChI is InChI=1S/C19H25N3O4S/c1-4-25-17-7-5-6-8-18(17)27(23,24)22-11-9-16(10-12-22)26-19-13-14(2)20-15(3)21-19/h5-8,13,16H,4,9-12H2,1-3H3. The average molecular weight is 391 g/mol. The van der Waals surface area contributed by atoms with E-state index in [2.05, 4.69) is 9.97 Å². The highest BCUT2D eigenvalue weighted by atomic mass is 32.2. The maximum absolute atomic E-state index is 13.0. The fraction of sp³-hybridized carbons (Fsp3) is 0.474. The van der Waals surface area contributed by atoms with Crippen LogP contribution in [0.25, 0.3) is 0 Å². The van der Waals surface area contributed by atoms with E-state index in [1.807, 2.05) is 20.8 Å². The van der Waals surface area contributed by atoms with E-state index in [9.17, 15) is 8.42 Å². The van der Waals surface area contributed by atoms with Gasteiger partial charge in [-0.15, -0.1) is 0 Å². The van der Waals surface area contributed by atoms with Crippen molar-refractivity contribution < 1.29 is 17.9 Å². The fourth-order valence-corrected chi connectivity index (χ4v) is 4.78. The normalized spacial score (nSPS) is 16.3. The Morgan fingerprint density at radius 2 is 1.85 bits per heavy atom. The molecule has 1 aliphatic rings. The number of rotatable bonds is 6. The molecule has 1 fully saturated rings. The minimum absolute atomic E-state index is 0.0627. The van der Waals surface area contributed by atoms with Crippen LogP contribution in [0.3, 0.4) is 0 Å². The van der Waals surface area contributed by atoms with Crippen LogP contribution < -0.4 is 9.47 Å². The van der Waals surface area contributed by atoms with E-state index in [0.29, 0.717) is 50.0 Å². The van der Waals surface area contributed by atoms with E-state index in [1.54, 1.807) is 30.3 Å². The van der Waals surface area contributed by atoms with Crippen LogP contribution in [-0.4, -0.2) is 48.5 Å². The molecule has 27 heavy (non-hydrogen) atoms. The Morgan fingerprint density at radius 1 is 1.15 bits per heavy atom. The average Bonchev–Trinajstić information content (AvgIpc) is 2.62. The van der Waals surface area contributed by atoms with Gasteiger partial charge >= 0.3 is 0 Å². The van der Waals surface area contributed by atoms with Crippen LogP contribution >= 0.6 is 0 Å². The lowest BCUT2D eigenvalue weighted by Gasteiger charge is -2.31. The van der Waals surface area contributed by atoms with Gasteiger partial charge in [-0.25, -0.2) is 13.4 Å². The molecule has 0 N–H and O–H groups in total. The van der Waals surface area contributed by atoms with Crippen LogP contribution in [0.1, 0.15) is 31.3 Å². The van der Waals surface area contributed by atoms with Gasteiger partial charge in [0.1, 0.15) is 22.6 Å². The van der Waals surface area contributed by atoms with Gasteiger partial charge < -0.3 is 9.47 Å². The molecule has 0 unspecified atom stereocenters. The maximum atomic E-state index is 13.0. The number of sulfonamides is 1. The number of aryl methyl sites for hydroxylation is 2. The minimum atomic E-state index is -3.60. The highest BCUT2D eigenvalue weighted by Gasteiger charge is 2.32. The van der Waals surface area contributed by atoms with Crippen molar-refractivity contribution in [3.8, 4) is 11.6 Å². The topological polar surface area (TPSA) is 81.6 Å². The lowest BCUT2D eigenvalue weighted by atomic mass is 10.1. The van der Waals surface area contributed by atoms with Gasteiger partial charge in [0, 0.05) is 24.8 Å². The van der Waals surface area contributed by atoms with Gasteiger partial charge in [-0.3, -0.25) is 0 Å². The molecule has 0 atom stereocenters. The van der Waals surface area contributed by atoms with Crippen molar-refractivity contribution in [3.63, 3.8) is 0 Å². The summed E-state index contributed by atoms with van der Waals surface area (Å²) in [6, 6.07) is 8.57. The Labute approximate surface area is 160 Å². The highest BCUT2D eigenvalue weighted by molar-refractivity contribution is 7.89. The summed E-state index contributed by atoms with van der Waals surface area (Å²) in [5, 5.41) is 0. The molecule has 0 radical (unpaired) electrons. The Balaban J connectivity index is 1.68. The van der Waals surface area contributed by atoms with Crippen molar-refractivity contribution in [2.24, 2.45) is 0 Å². The minimum Gasteiger partial charge on any atom is -0.492 e. The van der Waals surface area contributed by atoms with Gasteiger partial charge in [-0.1, -0.05) is 12.1 Å². The predicted molar refractivity (Wildman–Crippen MR) is 102 cm³/mol. The smallest absolute Gasteiger partial charge is 0.246 e. The largest absolute Gasteiger partial charge is 0.492 e. The van der Waals surface area contributed by atoms with Gasteiger partial charge in [0.2, 0.25) is 15.9 Å². The third kappa shape index (κ3) is 4.56. The predicted octanol–water partition coefficient (Wildman–Crippen LogP) is 2.72. The molecule has 0 aliphatic carbocycles. The molecule has 1 aliphatic heterocycles. The van der Waals surface area contributed by atoms with Crippen molar-refractivity contribution in [2.45, 2.75) is 44.6 Å². The van der Waals surface area contributed by atoms with Crippen molar-refractivity contribution in [1.82, 2.24) is 14.3 Å². The number of ether oxygens (including phenoxy) is 2. The molecule has 0 amide bonds. The van der Waals surface area contributed by atoms with Gasteiger partial charge in [0.25, 0.3) is 0 Å². The summed E-state index contributed by atoms with van der Waals surface area (Å²) < 4.78 is 39.0. The van der Waals surface area contributed by atoms with E-state index in [4.69, 9.17) is 9.47 Å². The number of piperidine rings is 1. The number of hydrogen-bond donors (Lipinski definition) is 0. The molecule has 0 saturated carbocycles. The summed E-state index contributed by atoms with van der Waals surface area (Å²) >= 11 is 0. The summed E-state index contributed by atoms with van der Waals surface area (Å²) in [6.07, 6.45) is 1.16. The van der Waals surface area contributed by atoms with Crippen molar-refractivity contribution >= 4 is 10.0 Å². The van der Waals surface area contributed by atoms with E-state index in [0.717, 1.165) is 5.69 Å². The quantitative estimate of drug-likeness (QED) is 0.753. The Bertz CT molecular complexity index is 873. The monoisotopic (exact) mass is 391 g/mol. The first-order chi connectivity index (χ1) is 12.9. The van der Waals surface area contributed by atoms with E-state index >= 15 is 0 Å². The third-order valence-corrected chi connectivity index (χ3v) is 6.34. The van der Waals surface area contributed by atoms with Crippen LogP contribution in [0, 0.1) is 13.8 Å². The molecule has 0 bridgehead atoms. The van der Waals surface area contributed by atoms with Crippen LogP contribution in [0.5, 0.6) is 11.6 Å². The van der Waals surface area contributed by atoms with Crippen molar-refractivity contribution in [2.75, 3.05) is 19.7 Å². The molecular weight excluding hydrogens is 366 g/mol. The summed E-state index contributed by atoms with van der Waals surface area (Å²) in [6.45, 7) is 6.77.